The summed E-state index contributed by atoms with van der Waals surface area (Å²) in [6, 6.07) is 6.15. The summed E-state index contributed by atoms with van der Waals surface area (Å²) in [5, 5.41) is 9.17. The van der Waals surface area contributed by atoms with Gasteiger partial charge in [0.1, 0.15) is 5.75 Å². The van der Waals surface area contributed by atoms with E-state index in [1.54, 1.807) is 12.1 Å². The molecule has 3 heteroatoms. The molecule has 0 heterocycles. The van der Waals surface area contributed by atoms with Gasteiger partial charge in [-0.2, -0.15) is 0 Å². The van der Waals surface area contributed by atoms with Crippen molar-refractivity contribution in [3.63, 3.8) is 0 Å². The van der Waals surface area contributed by atoms with E-state index in [1.165, 1.54) is 57.1 Å². The molecule has 0 saturated carbocycles. The van der Waals surface area contributed by atoms with Crippen LogP contribution in [0.15, 0.2) is 36.4 Å². The summed E-state index contributed by atoms with van der Waals surface area (Å²) < 4.78 is 5.22. The molecule has 3 nitrogen and oxygen atoms in total. The van der Waals surface area contributed by atoms with Crippen molar-refractivity contribution in [1.29, 1.82) is 0 Å². The largest absolute Gasteiger partial charge is 0.508 e. The minimum Gasteiger partial charge on any atom is -0.508 e. The second-order valence-electron chi connectivity index (χ2n) is 5.87. The Kier molecular flexibility index (Phi) is 10.7. The minimum absolute atomic E-state index is 0.156. The molecule has 0 saturated heterocycles. The summed E-state index contributed by atoms with van der Waals surface area (Å²) in [5.41, 5.74) is 0.487. The Morgan fingerprint density at radius 2 is 1.52 bits per heavy atom. The van der Waals surface area contributed by atoms with Crippen LogP contribution < -0.4 is 0 Å². The van der Waals surface area contributed by atoms with Gasteiger partial charge in [-0.15, -0.1) is 0 Å². The Hall–Kier alpha value is -1.77. The highest BCUT2D eigenvalue weighted by molar-refractivity contribution is 5.89. The van der Waals surface area contributed by atoms with Crippen LogP contribution in [0.5, 0.6) is 5.75 Å². The first-order valence-corrected chi connectivity index (χ1v) is 8.81. The van der Waals surface area contributed by atoms with Gasteiger partial charge in [0.05, 0.1) is 12.2 Å². The predicted octanol–water partition coefficient (Wildman–Crippen LogP) is 5.64. The van der Waals surface area contributed by atoms with Crippen LogP contribution in [0.2, 0.25) is 0 Å². The molecule has 0 aliphatic heterocycles. The standard InChI is InChI=1S/C20H30O3/c1-2-3-4-5-6-7-8-9-10-11-12-17-23-20(22)18-13-15-19(21)16-14-18/h2-3,13-16,21H,4-12,17H2,1H3/b3-2+. The van der Waals surface area contributed by atoms with Crippen molar-refractivity contribution >= 4 is 5.97 Å². The summed E-state index contributed by atoms with van der Waals surface area (Å²) in [4.78, 5) is 11.7. The van der Waals surface area contributed by atoms with Crippen molar-refractivity contribution < 1.29 is 14.6 Å². The molecule has 0 radical (unpaired) electrons. The second-order valence-corrected chi connectivity index (χ2v) is 5.87. The van der Waals surface area contributed by atoms with Gasteiger partial charge in [-0.3, -0.25) is 0 Å². The van der Waals surface area contributed by atoms with E-state index in [-0.39, 0.29) is 11.7 Å². The zero-order chi connectivity index (χ0) is 16.8. The third-order valence-corrected chi connectivity index (χ3v) is 3.84. The van der Waals surface area contributed by atoms with Crippen LogP contribution in [-0.4, -0.2) is 17.7 Å². The van der Waals surface area contributed by atoms with Gasteiger partial charge in [-0.1, -0.05) is 50.7 Å². The van der Waals surface area contributed by atoms with Crippen molar-refractivity contribution in [1.82, 2.24) is 0 Å². The molecule has 0 aliphatic rings. The molecule has 0 spiro atoms. The van der Waals surface area contributed by atoms with E-state index in [9.17, 15) is 9.90 Å². The first-order valence-electron chi connectivity index (χ1n) is 8.81. The number of phenolic OH excluding ortho intramolecular Hbond substituents is 1. The van der Waals surface area contributed by atoms with Gasteiger partial charge in [-0.05, 0) is 50.5 Å². The lowest BCUT2D eigenvalue weighted by atomic mass is 10.1. The van der Waals surface area contributed by atoms with Crippen molar-refractivity contribution in [3.05, 3.63) is 42.0 Å². The van der Waals surface area contributed by atoms with E-state index in [4.69, 9.17) is 4.74 Å². The fourth-order valence-electron chi connectivity index (χ4n) is 2.44. The van der Waals surface area contributed by atoms with Crippen molar-refractivity contribution in [3.8, 4) is 5.75 Å². The third kappa shape index (κ3) is 9.77. The number of hydrogen-bond donors (Lipinski definition) is 1. The minimum atomic E-state index is -0.314. The molecule has 1 rings (SSSR count). The van der Waals surface area contributed by atoms with Gasteiger partial charge in [-0.25, -0.2) is 4.79 Å². The van der Waals surface area contributed by atoms with Crippen LogP contribution in [0.3, 0.4) is 0 Å². The van der Waals surface area contributed by atoms with E-state index in [1.807, 2.05) is 0 Å². The third-order valence-electron chi connectivity index (χ3n) is 3.84. The number of carbonyl (C=O) groups excluding carboxylic acids is 1. The summed E-state index contributed by atoms with van der Waals surface area (Å²) >= 11 is 0. The lowest BCUT2D eigenvalue weighted by Gasteiger charge is -2.05. The number of unbranched alkanes of at least 4 members (excludes halogenated alkanes) is 8. The monoisotopic (exact) mass is 318 g/mol. The number of benzene rings is 1. The first kappa shape index (κ1) is 19.3. The molecular formula is C20H30O3. The molecule has 128 valence electrons. The number of ether oxygens (including phenoxy) is 1. The summed E-state index contributed by atoms with van der Waals surface area (Å²) in [7, 11) is 0. The highest BCUT2D eigenvalue weighted by atomic mass is 16.5. The van der Waals surface area contributed by atoms with Crippen molar-refractivity contribution in [2.75, 3.05) is 6.61 Å². The van der Waals surface area contributed by atoms with Crippen molar-refractivity contribution in [2.45, 2.75) is 64.7 Å². The van der Waals surface area contributed by atoms with Gasteiger partial charge >= 0.3 is 5.97 Å². The van der Waals surface area contributed by atoms with Gasteiger partial charge < -0.3 is 9.84 Å². The Bertz CT molecular complexity index is 448. The number of carbonyl (C=O) groups is 1. The molecule has 0 unspecified atom stereocenters. The van der Waals surface area contributed by atoms with E-state index in [0.717, 1.165) is 12.8 Å². The maximum atomic E-state index is 11.7. The lowest BCUT2D eigenvalue weighted by molar-refractivity contribution is 0.0497. The molecule has 0 aliphatic carbocycles. The Morgan fingerprint density at radius 3 is 2.13 bits per heavy atom. The molecule has 1 aromatic carbocycles. The van der Waals surface area contributed by atoms with Gasteiger partial charge in [0.25, 0.3) is 0 Å². The Balaban J connectivity index is 1.91. The van der Waals surface area contributed by atoms with Gasteiger partial charge in [0, 0.05) is 0 Å². The molecule has 23 heavy (non-hydrogen) atoms. The maximum Gasteiger partial charge on any atom is 0.338 e. The van der Waals surface area contributed by atoms with Crippen LogP contribution in [0.4, 0.5) is 0 Å². The molecule has 0 bridgehead atoms. The van der Waals surface area contributed by atoms with Gasteiger partial charge in [0.2, 0.25) is 0 Å². The van der Waals surface area contributed by atoms with Crippen LogP contribution in [0.25, 0.3) is 0 Å². The molecule has 1 N–H and O–H groups in total. The van der Waals surface area contributed by atoms with Crippen LogP contribution in [0, 0.1) is 0 Å². The van der Waals surface area contributed by atoms with E-state index < -0.39 is 0 Å². The Labute approximate surface area is 140 Å². The van der Waals surface area contributed by atoms with E-state index >= 15 is 0 Å². The highest BCUT2D eigenvalue weighted by Crippen LogP contribution is 2.12. The smallest absolute Gasteiger partial charge is 0.338 e. The summed E-state index contributed by atoms with van der Waals surface area (Å²) in [5.74, 6) is -0.158. The second kappa shape index (κ2) is 12.7. The summed E-state index contributed by atoms with van der Waals surface area (Å²) in [6.45, 7) is 2.55. The molecular weight excluding hydrogens is 288 g/mol. The van der Waals surface area contributed by atoms with Gasteiger partial charge in [0.15, 0.2) is 0 Å². The average Bonchev–Trinajstić information content (AvgIpc) is 2.56. The fourth-order valence-corrected chi connectivity index (χ4v) is 2.44. The number of allylic oxidation sites excluding steroid dienone is 2. The summed E-state index contributed by atoms with van der Waals surface area (Å²) in [6.07, 6.45) is 15.4. The molecule has 0 atom stereocenters. The zero-order valence-corrected chi connectivity index (χ0v) is 14.3. The molecule has 0 fully saturated rings. The normalized spacial score (nSPS) is 11.0. The topological polar surface area (TPSA) is 46.5 Å². The number of rotatable bonds is 12. The van der Waals surface area contributed by atoms with Crippen LogP contribution in [-0.2, 0) is 4.74 Å². The van der Waals surface area contributed by atoms with Crippen LogP contribution >= 0.6 is 0 Å². The maximum absolute atomic E-state index is 11.7. The van der Waals surface area contributed by atoms with Crippen LogP contribution in [0.1, 0.15) is 75.1 Å². The lowest BCUT2D eigenvalue weighted by Crippen LogP contribution is -2.06. The SMILES string of the molecule is C/C=C/CCCCCCCCCCOC(=O)c1ccc(O)cc1. The Morgan fingerprint density at radius 1 is 0.957 bits per heavy atom. The van der Waals surface area contributed by atoms with E-state index in [2.05, 4.69) is 19.1 Å². The zero-order valence-electron chi connectivity index (χ0n) is 14.3. The molecule has 0 amide bonds. The average molecular weight is 318 g/mol. The fraction of sp³-hybridized carbons (Fsp3) is 0.550. The number of aromatic hydroxyl groups is 1. The van der Waals surface area contributed by atoms with E-state index in [0.29, 0.717) is 12.2 Å². The molecule has 0 aromatic heterocycles. The number of hydrogen-bond acceptors (Lipinski definition) is 3. The first-order chi connectivity index (χ1) is 11.2. The number of phenols is 1. The number of esters is 1. The molecule has 1 aromatic rings. The van der Waals surface area contributed by atoms with Crippen molar-refractivity contribution in [2.24, 2.45) is 0 Å². The quantitative estimate of drug-likeness (QED) is 0.308. The highest BCUT2D eigenvalue weighted by Gasteiger charge is 2.06. The predicted molar refractivity (Wildman–Crippen MR) is 94.8 cm³/mol.